The minimum Gasteiger partial charge on any atom is -0.367 e. The van der Waals surface area contributed by atoms with Crippen molar-refractivity contribution in [3.63, 3.8) is 0 Å². The second-order valence-corrected chi connectivity index (χ2v) is 13.2. The number of carbonyl (C=O) groups is 3. The Balaban J connectivity index is 1.11. The summed E-state index contributed by atoms with van der Waals surface area (Å²) >= 11 is 6.13. The number of carbonyl (C=O) groups excluding carboxylic acids is 3. The van der Waals surface area contributed by atoms with Crippen LogP contribution in [-0.2, 0) is 22.4 Å². The standard InChI is InChI=1S/C37H44ClN6O3/c1-42-20-6-8-29(42)17-19-40-35(45)31-10-4-5-11-33(31)43-21-23-44(24-22-43)37(47)32(25-26-12-14-28(38)15-13-26)41-36(46)34-30-9-3-2-7-27(30)16-18-39-34/h2-5,7,9-15,18,29,32,34,39H,6,8,16-17,19-25H2,1H3,(H,40,45)(H,41,46)/t29?,32-,34?/m1/s1. The molecule has 3 aromatic rings. The highest BCUT2D eigenvalue weighted by atomic mass is 35.5. The number of halogens is 1. The summed E-state index contributed by atoms with van der Waals surface area (Å²) in [5, 5.41) is 10.0. The van der Waals surface area contributed by atoms with Crippen LogP contribution in [0.3, 0.4) is 0 Å². The van der Waals surface area contributed by atoms with Crippen molar-refractivity contribution in [2.24, 2.45) is 0 Å². The third kappa shape index (κ3) is 7.97. The van der Waals surface area contributed by atoms with Gasteiger partial charge in [0.1, 0.15) is 12.1 Å². The lowest BCUT2D eigenvalue weighted by Crippen LogP contribution is -2.57. The van der Waals surface area contributed by atoms with Gasteiger partial charge in [-0.3, -0.25) is 19.7 Å². The van der Waals surface area contributed by atoms with Gasteiger partial charge in [0, 0.05) is 62.4 Å². The van der Waals surface area contributed by atoms with Crippen molar-refractivity contribution in [1.29, 1.82) is 0 Å². The Morgan fingerprint density at radius 3 is 2.45 bits per heavy atom. The van der Waals surface area contributed by atoms with E-state index in [9.17, 15) is 14.4 Å². The van der Waals surface area contributed by atoms with Gasteiger partial charge in [0.25, 0.3) is 5.91 Å². The number of piperazine rings is 1. The first-order valence-corrected chi connectivity index (χ1v) is 17.1. The van der Waals surface area contributed by atoms with Gasteiger partial charge >= 0.3 is 0 Å². The quantitative estimate of drug-likeness (QED) is 0.306. The Hall–Kier alpha value is -3.92. The Bertz CT molecular complexity index is 1560. The maximum atomic E-state index is 14.1. The molecular weight excluding hydrogens is 612 g/mol. The van der Waals surface area contributed by atoms with Gasteiger partial charge in [-0.1, -0.05) is 60.1 Å². The average molecular weight is 656 g/mol. The van der Waals surface area contributed by atoms with Crippen LogP contribution in [-0.4, -0.2) is 85.9 Å². The number of amides is 3. The molecule has 0 spiro atoms. The summed E-state index contributed by atoms with van der Waals surface area (Å²) < 4.78 is 0. The molecule has 2 fully saturated rings. The summed E-state index contributed by atoms with van der Waals surface area (Å²) in [6.45, 7) is 5.78. The summed E-state index contributed by atoms with van der Waals surface area (Å²) in [5.74, 6) is -0.427. The number of para-hydroxylation sites is 1. The van der Waals surface area contributed by atoms with Gasteiger partial charge in [0.2, 0.25) is 11.8 Å². The molecule has 9 nitrogen and oxygen atoms in total. The predicted molar refractivity (Wildman–Crippen MR) is 185 cm³/mol. The van der Waals surface area contributed by atoms with Crippen LogP contribution >= 0.6 is 11.6 Å². The smallest absolute Gasteiger partial charge is 0.253 e. The zero-order chi connectivity index (χ0) is 32.8. The largest absolute Gasteiger partial charge is 0.367 e. The number of hydrogen-bond acceptors (Lipinski definition) is 6. The van der Waals surface area contributed by atoms with E-state index >= 15 is 0 Å². The van der Waals surface area contributed by atoms with Crippen molar-refractivity contribution in [3.05, 3.63) is 107 Å². The highest BCUT2D eigenvalue weighted by Gasteiger charge is 2.33. The van der Waals surface area contributed by atoms with E-state index in [4.69, 9.17) is 11.6 Å². The van der Waals surface area contributed by atoms with E-state index in [0.29, 0.717) is 55.8 Å². The minimum absolute atomic E-state index is 0.0689. The molecule has 2 saturated heterocycles. The number of likely N-dealkylation sites (tertiary alicyclic amines) is 1. The molecule has 1 radical (unpaired) electrons. The van der Waals surface area contributed by atoms with Gasteiger partial charge in [-0.2, -0.15) is 0 Å². The molecular formula is C37H44ClN6O3. The molecule has 47 heavy (non-hydrogen) atoms. The van der Waals surface area contributed by atoms with Crippen molar-refractivity contribution in [3.8, 4) is 0 Å². The maximum Gasteiger partial charge on any atom is 0.253 e. The second-order valence-electron chi connectivity index (χ2n) is 12.7. The molecule has 3 N–H and O–H groups in total. The number of hydrogen-bond donors (Lipinski definition) is 3. The first kappa shape index (κ1) is 33.0. The summed E-state index contributed by atoms with van der Waals surface area (Å²) in [4.78, 5) is 47.4. The zero-order valence-corrected chi connectivity index (χ0v) is 27.7. The van der Waals surface area contributed by atoms with E-state index in [1.165, 1.54) is 12.8 Å². The molecule has 3 heterocycles. The first-order valence-electron chi connectivity index (χ1n) is 16.7. The van der Waals surface area contributed by atoms with E-state index in [0.717, 1.165) is 41.8 Å². The van der Waals surface area contributed by atoms with Crippen LogP contribution in [0.5, 0.6) is 0 Å². The molecule has 2 unspecified atom stereocenters. The van der Waals surface area contributed by atoms with Gasteiger partial charge in [-0.25, -0.2) is 0 Å². The van der Waals surface area contributed by atoms with Crippen LogP contribution in [0.15, 0.2) is 72.8 Å². The molecule has 0 bridgehead atoms. The number of nitrogens with zero attached hydrogens (tertiary/aromatic N) is 3. The summed E-state index contributed by atoms with van der Waals surface area (Å²) in [7, 11) is 2.15. The summed E-state index contributed by atoms with van der Waals surface area (Å²) in [6, 6.07) is 22.2. The molecule has 3 amide bonds. The Labute approximate surface area is 282 Å². The van der Waals surface area contributed by atoms with Crippen molar-refractivity contribution in [1.82, 2.24) is 25.8 Å². The molecule has 6 rings (SSSR count). The van der Waals surface area contributed by atoms with Gasteiger partial charge in [-0.15, -0.1) is 0 Å². The normalized spacial score (nSPS) is 20.4. The van der Waals surface area contributed by atoms with Gasteiger partial charge in [0.05, 0.1) is 5.56 Å². The topological polar surface area (TPSA) is 97.0 Å². The molecule has 3 aliphatic rings. The lowest BCUT2D eigenvalue weighted by Gasteiger charge is -2.38. The Kier molecular flexibility index (Phi) is 10.8. The van der Waals surface area contributed by atoms with E-state index in [2.05, 4.69) is 32.8 Å². The van der Waals surface area contributed by atoms with E-state index in [1.54, 1.807) is 12.1 Å². The van der Waals surface area contributed by atoms with Gasteiger partial charge < -0.3 is 25.3 Å². The van der Waals surface area contributed by atoms with Crippen molar-refractivity contribution >= 4 is 35.0 Å². The maximum absolute atomic E-state index is 14.1. The van der Waals surface area contributed by atoms with Crippen LogP contribution in [0.4, 0.5) is 5.69 Å². The van der Waals surface area contributed by atoms with E-state index < -0.39 is 12.1 Å². The number of rotatable bonds is 10. The monoisotopic (exact) mass is 655 g/mol. The molecule has 0 aliphatic carbocycles. The fourth-order valence-electron chi connectivity index (χ4n) is 7.03. The van der Waals surface area contributed by atoms with Crippen molar-refractivity contribution in [2.45, 2.75) is 50.2 Å². The minimum atomic E-state index is -0.747. The molecule has 247 valence electrons. The third-order valence-corrected chi connectivity index (χ3v) is 9.97. The lowest BCUT2D eigenvalue weighted by atomic mass is 9.93. The van der Waals surface area contributed by atoms with Crippen LogP contribution in [0, 0.1) is 6.54 Å². The third-order valence-electron chi connectivity index (χ3n) is 9.72. The van der Waals surface area contributed by atoms with E-state index in [1.807, 2.05) is 72.1 Å². The molecule has 10 heteroatoms. The number of benzene rings is 3. The molecule has 3 atom stereocenters. The van der Waals surface area contributed by atoms with Crippen LogP contribution in [0.1, 0.15) is 52.4 Å². The molecule has 0 aromatic heterocycles. The van der Waals surface area contributed by atoms with Crippen LogP contribution in [0.2, 0.25) is 5.02 Å². The molecule has 3 aromatic carbocycles. The highest BCUT2D eigenvalue weighted by molar-refractivity contribution is 6.30. The Morgan fingerprint density at radius 1 is 0.936 bits per heavy atom. The second kappa shape index (κ2) is 15.3. The highest BCUT2D eigenvalue weighted by Crippen LogP contribution is 2.26. The predicted octanol–water partition coefficient (Wildman–Crippen LogP) is 3.98. The van der Waals surface area contributed by atoms with Crippen LogP contribution < -0.4 is 20.9 Å². The van der Waals surface area contributed by atoms with Gasteiger partial charge in [0.15, 0.2) is 0 Å². The molecule has 0 saturated carbocycles. The fraction of sp³-hybridized carbons (Fsp3) is 0.405. The first-order chi connectivity index (χ1) is 22.9. The van der Waals surface area contributed by atoms with Crippen molar-refractivity contribution in [2.75, 3.05) is 51.2 Å². The number of nitrogens with one attached hydrogen (secondary N) is 3. The SMILES string of the molecule is CN1CCCC1CCNC(=O)c1ccccc1N1CCN(C(=O)[C@@H](Cc2ccc(Cl)cc2)NC(=O)C2N[CH]Cc3ccccc32)CC1. The average Bonchev–Trinajstić information content (AvgIpc) is 3.52. The number of fused-ring (bicyclic) bond motifs is 1. The summed E-state index contributed by atoms with van der Waals surface area (Å²) in [5.41, 5.74) is 4.46. The lowest BCUT2D eigenvalue weighted by molar-refractivity contribution is -0.137. The van der Waals surface area contributed by atoms with Crippen LogP contribution in [0.25, 0.3) is 0 Å². The van der Waals surface area contributed by atoms with Crippen molar-refractivity contribution < 1.29 is 14.4 Å². The zero-order valence-electron chi connectivity index (χ0n) is 27.0. The number of anilines is 1. The fourth-order valence-corrected chi connectivity index (χ4v) is 7.15. The summed E-state index contributed by atoms with van der Waals surface area (Å²) in [6.07, 6.45) is 4.42. The van der Waals surface area contributed by atoms with Gasteiger partial charge in [-0.05, 0) is 80.2 Å². The molecule has 3 aliphatic heterocycles. The van der Waals surface area contributed by atoms with E-state index in [-0.39, 0.29) is 17.7 Å². The Morgan fingerprint density at radius 2 is 1.68 bits per heavy atom.